The van der Waals surface area contributed by atoms with E-state index in [4.69, 9.17) is 12.2 Å². The predicted octanol–water partition coefficient (Wildman–Crippen LogP) is 0.775. The first-order valence-electron chi connectivity index (χ1n) is 5.37. The first-order valence-corrected chi connectivity index (χ1v) is 5.78. The third-order valence-electron chi connectivity index (χ3n) is 1.62. The number of hydrogen-bond donors (Lipinski definition) is 3. The van der Waals surface area contributed by atoms with Gasteiger partial charge in [0.25, 0.3) is 0 Å². The molecular formula is C10H21N3OS. The first kappa shape index (κ1) is 14.2. The van der Waals surface area contributed by atoms with Crippen molar-refractivity contribution in [2.24, 2.45) is 0 Å². The molecular weight excluding hydrogens is 210 g/mol. The lowest BCUT2D eigenvalue weighted by molar-refractivity contribution is -0.121. The number of carbonyl (C=O) groups is 1. The van der Waals surface area contributed by atoms with Crippen molar-refractivity contribution in [2.45, 2.75) is 39.7 Å². The fourth-order valence-electron chi connectivity index (χ4n) is 0.985. The van der Waals surface area contributed by atoms with E-state index >= 15 is 0 Å². The molecule has 0 rings (SSSR count). The SMILES string of the molecule is CCCNC(=S)NCCC(=O)NC(C)C. The molecule has 0 fully saturated rings. The highest BCUT2D eigenvalue weighted by Crippen LogP contribution is 1.82. The Morgan fingerprint density at radius 2 is 1.87 bits per heavy atom. The van der Waals surface area contributed by atoms with Crippen molar-refractivity contribution in [1.82, 2.24) is 16.0 Å². The van der Waals surface area contributed by atoms with Crippen molar-refractivity contribution in [3.05, 3.63) is 0 Å². The van der Waals surface area contributed by atoms with Crippen molar-refractivity contribution in [1.29, 1.82) is 0 Å². The molecule has 0 aliphatic heterocycles. The summed E-state index contributed by atoms with van der Waals surface area (Å²) in [6, 6.07) is 0.197. The number of hydrogen-bond acceptors (Lipinski definition) is 2. The first-order chi connectivity index (χ1) is 7.06. The average Bonchev–Trinajstić information content (AvgIpc) is 2.13. The second-order valence-corrected chi connectivity index (χ2v) is 4.06. The van der Waals surface area contributed by atoms with Crippen LogP contribution in [0.2, 0.25) is 0 Å². The van der Waals surface area contributed by atoms with Gasteiger partial charge in [0, 0.05) is 25.6 Å². The van der Waals surface area contributed by atoms with Gasteiger partial charge in [0.15, 0.2) is 5.11 Å². The van der Waals surface area contributed by atoms with Crippen LogP contribution in [0.4, 0.5) is 0 Å². The normalized spacial score (nSPS) is 9.87. The molecule has 0 bridgehead atoms. The van der Waals surface area contributed by atoms with Gasteiger partial charge < -0.3 is 16.0 Å². The number of carbonyl (C=O) groups excluding carboxylic acids is 1. The van der Waals surface area contributed by atoms with Gasteiger partial charge >= 0.3 is 0 Å². The maximum absolute atomic E-state index is 11.2. The van der Waals surface area contributed by atoms with Gasteiger partial charge in [-0.25, -0.2) is 0 Å². The summed E-state index contributed by atoms with van der Waals surface area (Å²) >= 11 is 5.01. The quantitative estimate of drug-likeness (QED) is 0.591. The highest BCUT2D eigenvalue weighted by atomic mass is 32.1. The Morgan fingerprint density at radius 3 is 2.40 bits per heavy atom. The zero-order valence-corrected chi connectivity index (χ0v) is 10.5. The van der Waals surface area contributed by atoms with E-state index in [2.05, 4.69) is 22.9 Å². The van der Waals surface area contributed by atoms with Crippen LogP contribution in [-0.4, -0.2) is 30.2 Å². The van der Waals surface area contributed by atoms with Crippen molar-refractivity contribution in [3.63, 3.8) is 0 Å². The second-order valence-electron chi connectivity index (χ2n) is 3.65. The second kappa shape index (κ2) is 8.47. The number of rotatable bonds is 6. The molecule has 0 aromatic carbocycles. The molecule has 0 aliphatic carbocycles. The van der Waals surface area contributed by atoms with E-state index in [1.54, 1.807) is 0 Å². The van der Waals surface area contributed by atoms with Gasteiger partial charge in [-0.15, -0.1) is 0 Å². The van der Waals surface area contributed by atoms with E-state index in [-0.39, 0.29) is 11.9 Å². The van der Waals surface area contributed by atoms with Gasteiger partial charge in [-0.2, -0.15) is 0 Å². The molecule has 1 amide bonds. The Morgan fingerprint density at radius 1 is 1.27 bits per heavy atom. The summed E-state index contributed by atoms with van der Waals surface area (Å²) in [6.07, 6.45) is 1.49. The molecule has 88 valence electrons. The van der Waals surface area contributed by atoms with E-state index in [0.29, 0.717) is 18.1 Å². The monoisotopic (exact) mass is 231 g/mol. The molecule has 0 saturated carbocycles. The maximum atomic E-state index is 11.2. The van der Waals surface area contributed by atoms with Gasteiger partial charge in [0.1, 0.15) is 0 Å². The van der Waals surface area contributed by atoms with Crippen LogP contribution in [0, 0.1) is 0 Å². The smallest absolute Gasteiger partial charge is 0.221 e. The van der Waals surface area contributed by atoms with Crippen molar-refractivity contribution >= 4 is 23.2 Å². The minimum atomic E-state index is 0.0517. The highest BCUT2D eigenvalue weighted by molar-refractivity contribution is 7.80. The zero-order chi connectivity index (χ0) is 11.7. The van der Waals surface area contributed by atoms with Crippen LogP contribution in [-0.2, 0) is 4.79 Å². The molecule has 15 heavy (non-hydrogen) atoms. The van der Waals surface area contributed by atoms with E-state index in [1.165, 1.54) is 0 Å². The molecule has 5 heteroatoms. The molecule has 0 saturated heterocycles. The maximum Gasteiger partial charge on any atom is 0.221 e. The highest BCUT2D eigenvalue weighted by Gasteiger charge is 2.02. The van der Waals surface area contributed by atoms with Crippen molar-refractivity contribution in [2.75, 3.05) is 13.1 Å². The van der Waals surface area contributed by atoms with Gasteiger partial charge in [-0.1, -0.05) is 6.92 Å². The topological polar surface area (TPSA) is 53.2 Å². The van der Waals surface area contributed by atoms with E-state index < -0.39 is 0 Å². The minimum absolute atomic E-state index is 0.0517. The Kier molecular flexibility index (Phi) is 7.99. The number of thiocarbonyl (C=S) groups is 1. The third-order valence-corrected chi connectivity index (χ3v) is 1.91. The standard InChI is InChI=1S/C10H21N3OS/c1-4-6-11-10(15)12-7-5-9(14)13-8(2)3/h8H,4-7H2,1-3H3,(H,13,14)(H2,11,12,15). The minimum Gasteiger partial charge on any atom is -0.363 e. The van der Waals surface area contributed by atoms with Crippen LogP contribution in [0.5, 0.6) is 0 Å². The van der Waals surface area contributed by atoms with Crippen molar-refractivity contribution in [3.8, 4) is 0 Å². The van der Waals surface area contributed by atoms with E-state index in [9.17, 15) is 4.79 Å². The average molecular weight is 231 g/mol. The fourth-order valence-corrected chi connectivity index (χ4v) is 1.19. The largest absolute Gasteiger partial charge is 0.363 e. The Balaban J connectivity index is 3.44. The summed E-state index contributed by atoms with van der Waals surface area (Å²) in [5.74, 6) is 0.0517. The lowest BCUT2D eigenvalue weighted by Gasteiger charge is -2.10. The summed E-state index contributed by atoms with van der Waals surface area (Å²) in [5, 5.41) is 9.45. The Hall–Kier alpha value is -0.840. The van der Waals surface area contributed by atoms with Crippen molar-refractivity contribution < 1.29 is 4.79 Å². The fraction of sp³-hybridized carbons (Fsp3) is 0.800. The number of nitrogens with one attached hydrogen (secondary N) is 3. The molecule has 0 unspecified atom stereocenters. The van der Waals surface area contributed by atoms with Crippen LogP contribution in [0.1, 0.15) is 33.6 Å². The Bertz CT molecular complexity index is 207. The van der Waals surface area contributed by atoms with Crippen LogP contribution in [0.15, 0.2) is 0 Å². The molecule has 0 aromatic rings. The summed E-state index contributed by atoms with van der Waals surface area (Å²) in [6.45, 7) is 7.40. The van der Waals surface area contributed by atoms with Gasteiger partial charge in [-0.05, 0) is 32.5 Å². The number of amides is 1. The lowest BCUT2D eigenvalue weighted by Crippen LogP contribution is -2.38. The molecule has 0 aromatic heterocycles. The molecule has 0 atom stereocenters. The summed E-state index contributed by atoms with van der Waals surface area (Å²) in [4.78, 5) is 11.2. The molecule has 0 aliphatic rings. The van der Waals surface area contributed by atoms with Gasteiger partial charge in [-0.3, -0.25) is 4.79 Å². The Labute approximate surface area is 97.2 Å². The van der Waals surface area contributed by atoms with Crippen LogP contribution >= 0.6 is 12.2 Å². The predicted molar refractivity (Wildman–Crippen MR) is 66.8 cm³/mol. The van der Waals surface area contributed by atoms with Gasteiger partial charge in [0.05, 0.1) is 0 Å². The van der Waals surface area contributed by atoms with Crippen LogP contribution in [0.25, 0.3) is 0 Å². The van der Waals surface area contributed by atoms with Gasteiger partial charge in [0.2, 0.25) is 5.91 Å². The molecule has 0 spiro atoms. The molecule has 4 nitrogen and oxygen atoms in total. The lowest BCUT2D eigenvalue weighted by atomic mass is 10.3. The van der Waals surface area contributed by atoms with Crippen LogP contribution < -0.4 is 16.0 Å². The zero-order valence-electron chi connectivity index (χ0n) is 9.72. The summed E-state index contributed by atoms with van der Waals surface area (Å²) in [5.41, 5.74) is 0. The third kappa shape index (κ3) is 9.46. The molecule has 0 radical (unpaired) electrons. The molecule has 3 N–H and O–H groups in total. The summed E-state index contributed by atoms with van der Waals surface area (Å²) in [7, 11) is 0. The van der Waals surface area contributed by atoms with E-state index in [0.717, 1.165) is 13.0 Å². The van der Waals surface area contributed by atoms with Crippen LogP contribution in [0.3, 0.4) is 0 Å². The molecule has 0 heterocycles. The van der Waals surface area contributed by atoms with E-state index in [1.807, 2.05) is 13.8 Å². The summed E-state index contributed by atoms with van der Waals surface area (Å²) < 4.78 is 0.